The number of piperidine rings is 1. The molecule has 3 heterocycles. The number of hydrogen-bond acceptors (Lipinski definition) is 5. The maximum atomic E-state index is 13.4. The molecule has 34 heavy (non-hydrogen) atoms. The van der Waals surface area contributed by atoms with E-state index in [0.717, 1.165) is 12.1 Å². The first kappa shape index (κ1) is 22.4. The molecule has 9 heteroatoms. The maximum Gasteiger partial charge on any atom is 0.255 e. The molecule has 176 valence electrons. The Morgan fingerprint density at radius 1 is 0.971 bits per heavy atom. The number of ether oxygens (including phenoxy) is 1. The molecule has 2 bridgehead atoms. The van der Waals surface area contributed by atoms with Gasteiger partial charge in [0.2, 0.25) is 10.0 Å². The first-order chi connectivity index (χ1) is 16.3. The molecule has 0 spiro atoms. The van der Waals surface area contributed by atoms with Gasteiger partial charge in [-0.3, -0.25) is 9.59 Å². The minimum atomic E-state index is -3.70. The lowest BCUT2D eigenvalue weighted by Gasteiger charge is -2.42. The molecule has 0 saturated carbocycles. The number of aromatic nitrogens is 1. The molecule has 2 aliphatic rings. The molecule has 2 aromatic carbocycles. The Balaban J connectivity index is 1.31. The highest BCUT2D eigenvalue weighted by Gasteiger charge is 2.39. The Bertz CT molecular complexity index is 1380. The predicted octanol–water partition coefficient (Wildman–Crippen LogP) is 2.92. The molecule has 0 radical (unpaired) electrons. The maximum absolute atomic E-state index is 13.4. The monoisotopic (exact) mass is 479 g/mol. The summed E-state index contributed by atoms with van der Waals surface area (Å²) in [4.78, 5) is 24.9. The summed E-state index contributed by atoms with van der Waals surface area (Å²) in [7, 11) is -2.15. The lowest BCUT2D eigenvalue weighted by Crippen LogP contribution is -2.48. The van der Waals surface area contributed by atoms with E-state index in [0.29, 0.717) is 36.6 Å². The van der Waals surface area contributed by atoms with Gasteiger partial charge in [-0.25, -0.2) is 8.42 Å². The molecule has 1 saturated heterocycles. The minimum absolute atomic E-state index is 0.000710. The van der Waals surface area contributed by atoms with E-state index in [1.165, 1.54) is 16.4 Å². The van der Waals surface area contributed by atoms with Crippen molar-refractivity contribution >= 4 is 21.6 Å². The molecular weight excluding hydrogens is 454 g/mol. The van der Waals surface area contributed by atoms with Crippen LogP contribution in [0.4, 0.5) is 5.69 Å². The van der Waals surface area contributed by atoms with Gasteiger partial charge in [-0.15, -0.1) is 0 Å². The SMILES string of the molecule is COc1ccc(C(=O)Nc2ccc(S(=O)(=O)N3C[C@@H]4C[C@@H](C3)c3cccc(=O)n3C4)cc2)cc1. The first-order valence-electron chi connectivity index (χ1n) is 11.1. The van der Waals surface area contributed by atoms with Crippen molar-refractivity contribution in [2.24, 2.45) is 5.92 Å². The normalized spacial score (nSPS) is 19.8. The van der Waals surface area contributed by atoms with Crippen molar-refractivity contribution in [3.05, 3.63) is 88.3 Å². The highest BCUT2D eigenvalue weighted by molar-refractivity contribution is 7.89. The Hall–Kier alpha value is -3.43. The van der Waals surface area contributed by atoms with Gasteiger partial charge in [-0.1, -0.05) is 6.07 Å². The van der Waals surface area contributed by atoms with Crippen molar-refractivity contribution in [1.29, 1.82) is 0 Å². The van der Waals surface area contributed by atoms with Crippen LogP contribution in [0.3, 0.4) is 0 Å². The zero-order valence-corrected chi connectivity index (χ0v) is 19.5. The summed E-state index contributed by atoms with van der Waals surface area (Å²) in [5.41, 5.74) is 1.84. The van der Waals surface area contributed by atoms with E-state index in [2.05, 4.69) is 5.32 Å². The van der Waals surface area contributed by atoms with Crippen LogP contribution >= 0.6 is 0 Å². The highest BCUT2D eigenvalue weighted by Crippen LogP contribution is 2.37. The summed E-state index contributed by atoms with van der Waals surface area (Å²) < 4.78 is 35.1. The molecule has 2 atom stereocenters. The third kappa shape index (κ3) is 4.12. The molecule has 1 amide bonds. The molecule has 1 N–H and O–H groups in total. The quantitative estimate of drug-likeness (QED) is 0.607. The summed E-state index contributed by atoms with van der Waals surface area (Å²) in [5, 5.41) is 2.78. The van der Waals surface area contributed by atoms with Gasteiger partial charge < -0.3 is 14.6 Å². The number of amides is 1. The second kappa shape index (κ2) is 8.73. The molecular formula is C25H25N3O5S. The smallest absolute Gasteiger partial charge is 0.255 e. The van der Waals surface area contributed by atoms with Crippen LogP contribution in [-0.2, 0) is 16.6 Å². The van der Waals surface area contributed by atoms with E-state index in [-0.39, 0.29) is 28.2 Å². The number of nitrogens with one attached hydrogen (secondary N) is 1. The Morgan fingerprint density at radius 3 is 2.41 bits per heavy atom. The van der Waals surface area contributed by atoms with Crippen LogP contribution in [0.1, 0.15) is 28.4 Å². The van der Waals surface area contributed by atoms with Gasteiger partial charge in [-0.2, -0.15) is 4.31 Å². The van der Waals surface area contributed by atoms with Crippen LogP contribution in [0, 0.1) is 5.92 Å². The molecule has 3 aromatic rings. The number of carbonyl (C=O) groups excluding carboxylic acids is 1. The Morgan fingerprint density at radius 2 is 1.71 bits per heavy atom. The van der Waals surface area contributed by atoms with E-state index >= 15 is 0 Å². The van der Waals surface area contributed by atoms with Gasteiger partial charge >= 0.3 is 0 Å². The average Bonchev–Trinajstić information content (AvgIpc) is 2.85. The lowest BCUT2D eigenvalue weighted by molar-refractivity contribution is 0.102. The number of pyridine rings is 1. The third-order valence-corrected chi connectivity index (χ3v) is 8.39. The van der Waals surface area contributed by atoms with E-state index in [1.54, 1.807) is 60.2 Å². The summed E-state index contributed by atoms with van der Waals surface area (Å²) in [5.74, 6) is 0.461. The minimum Gasteiger partial charge on any atom is -0.497 e. The average molecular weight is 480 g/mol. The predicted molar refractivity (Wildman–Crippen MR) is 128 cm³/mol. The number of nitrogens with zero attached hydrogens (tertiary/aromatic N) is 2. The number of hydrogen-bond donors (Lipinski definition) is 1. The number of anilines is 1. The number of sulfonamides is 1. The van der Waals surface area contributed by atoms with Crippen LogP contribution in [0.15, 0.2) is 76.4 Å². The molecule has 0 unspecified atom stereocenters. The van der Waals surface area contributed by atoms with Gasteiger partial charge in [0, 0.05) is 48.6 Å². The molecule has 0 aliphatic carbocycles. The second-order valence-corrected chi connectivity index (χ2v) is 10.7. The van der Waals surface area contributed by atoms with E-state index in [9.17, 15) is 18.0 Å². The molecule has 2 aliphatic heterocycles. The van der Waals surface area contributed by atoms with Gasteiger partial charge in [0.15, 0.2) is 0 Å². The largest absolute Gasteiger partial charge is 0.497 e. The Labute approximate surface area is 197 Å². The number of carbonyl (C=O) groups is 1. The zero-order chi connectivity index (χ0) is 23.9. The van der Waals surface area contributed by atoms with Crippen molar-refractivity contribution in [1.82, 2.24) is 8.87 Å². The molecule has 1 fully saturated rings. The summed E-state index contributed by atoms with van der Waals surface area (Å²) >= 11 is 0. The van der Waals surface area contributed by atoms with Crippen LogP contribution in [0.25, 0.3) is 0 Å². The van der Waals surface area contributed by atoms with E-state index < -0.39 is 10.0 Å². The standard InChI is InChI=1S/C25H25N3O5S/c1-33-21-9-5-18(6-10-21)25(30)26-20-7-11-22(12-8-20)34(31,32)27-14-17-13-19(16-27)23-3-2-4-24(29)28(23)15-17/h2-12,17,19H,13-16H2,1H3,(H,26,30)/t17-,19-/m0/s1. The fraction of sp³-hybridized carbons (Fsp3) is 0.280. The lowest BCUT2D eigenvalue weighted by atomic mass is 9.84. The summed E-state index contributed by atoms with van der Waals surface area (Å²) in [6, 6.07) is 18.1. The van der Waals surface area contributed by atoms with Crippen LogP contribution < -0.4 is 15.6 Å². The van der Waals surface area contributed by atoms with Gasteiger partial charge in [0.1, 0.15) is 5.75 Å². The van der Waals surface area contributed by atoms with Crippen molar-refractivity contribution in [2.45, 2.75) is 23.8 Å². The fourth-order valence-electron chi connectivity index (χ4n) is 4.85. The van der Waals surface area contributed by atoms with Crippen molar-refractivity contribution in [2.75, 3.05) is 25.5 Å². The zero-order valence-electron chi connectivity index (χ0n) is 18.7. The summed E-state index contributed by atoms with van der Waals surface area (Å²) in [6.07, 6.45) is 0.881. The van der Waals surface area contributed by atoms with Gasteiger partial charge in [0.05, 0.1) is 12.0 Å². The van der Waals surface area contributed by atoms with E-state index in [1.807, 2.05) is 6.07 Å². The molecule has 1 aromatic heterocycles. The van der Waals surface area contributed by atoms with Crippen LogP contribution in [-0.4, -0.2) is 43.4 Å². The van der Waals surface area contributed by atoms with Crippen molar-refractivity contribution in [3.63, 3.8) is 0 Å². The van der Waals surface area contributed by atoms with Crippen molar-refractivity contribution < 1.29 is 17.9 Å². The van der Waals surface area contributed by atoms with Crippen LogP contribution in [0.5, 0.6) is 5.75 Å². The van der Waals surface area contributed by atoms with Gasteiger partial charge in [0.25, 0.3) is 11.5 Å². The topological polar surface area (TPSA) is 97.7 Å². The van der Waals surface area contributed by atoms with E-state index in [4.69, 9.17) is 4.74 Å². The number of fused-ring (bicyclic) bond motifs is 4. The third-order valence-electron chi connectivity index (χ3n) is 6.55. The number of benzene rings is 2. The second-order valence-electron chi connectivity index (χ2n) is 8.73. The fourth-order valence-corrected chi connectivity index (χ4v) is 6.42. The van der Waals surface area contributed by atoms with Gasteiger partial charge in [-0.05, 0) is 66.9 Å². The van der Waals surface area contributed by atoms with Crippen LogP contribution in [0.2, 0.25) is 0 Å². The Kier molecular flexibility index (Phi) is 5.75. The molecule has 5 rings (SSSR count). The van der Waals surface area contributed by atoms with Crippen molar-refractivity contribution in [3.8, 4) is 5.75 Å². The first-order valence-corrected chi connectivity index (χ1v) is 12.5. The molecule has 8 nitrogen and oxygen atoms in total. The number of methoxy groups -OCH3 is 1. The summed E-state index contributed by atoms with van der Waals surface area (Å²) in [6.45, 7) is 1.27. The number of rotatable bonds is 5. The highest BCUT2D eigenvalue weighted by atomic mass is 32.2.